The predicted octanol–water partition coefficient (Wildman–Crippen LogP) is 2.43. The second-order valence-electron chi connectivity index (χ2n) is 5.13. The second kappa shape index (κ2) is 5.00. The van der Waals surface area contributed by atoms with Gasteiger partial charge in [0.1, 0.15) is 5.82 Å². The summed E-state index contributed by atoms with van der Waals surface area (Å²) in [5.74, 6) is 2.49. The Bertz CT molecular complexity index is 332. The standard InChI is InChI=1S/C13H23N3/c1-3-4-10-5-6-12(14)11(9-10)13-15-7-8-16(13)2/h7-8,10-12H,3-6,9,14H2,1-2H3. The van der Waals surface area contributed by atoms with Gasteiger partial charge in [0.15, 0.2) is 0 Å². The highest BCUT2D eigenvalue weighted by Gasteiger charge is 2.30. The summed E-state index contributed by atoms with van der Waals surface area (Å²) in [4.78, 5) is 4.47. The van der Waals surface area contributed by atoms with Gasteiger partial charge in [-0.2, -0.15) is 0 Å². The van der Waals surface area contributed by atoms with E-state index in [0.717, 1.165) is 12.3 Å². The van der Waals surface area contributed by atoms with Gasteiger partial charge in [-0.25, -0.2) is 4.98 Å². The normalized spacial score (nSPS) is 30.6. The highest BCUT2D eigenvalue weighted by molar-refractivity contribution is 5.06. The smallest absolute Gasteiger partial charge is 0.113 e. The molecule has 3 unspecified atom stereocenters. The van der Waals surface area contributed by atoms with Crippen molar-refractivity contribution in [3.8, 4) is 0 Å². The van der Waals surface area contributed by atoms with Crippen LogP contribution >= 0.6 is 0 Å². The lowest BCUT2D eigenvalue weighted by Gasteiger charge is -2.33. The van der Waals surface area contributed by atoms with Crippen molar-refractivity contribution in [1.29, 1.82) is 0 Å². The third-order valence-electron chi connectivity index (χ3n) is 3.90. The molecule has 1 fully saturated rings. The van der Waals surface area contributed by atoms with Gasteiger partial charge in [0, 0.05) is 31.4 Å². The Hall–Kier alpha value is -0.830. The molecule has 90 valence electrons. The number of nitrogens with zero attached hydrogens (tertiary/aromatic N) is 2. The van der Waals surface area contributed by atoms with Gasteiger partial charge in [0.2, 0.25) is 0 Å². The molecule has 1 aromatic rings. The van der Waals surface area contributed by atoms with Gasteiger partial charge in [0.05, 0.1) is 0 Å². The highest BCUT2D eigenvalue weighted by atomic mass is 15.0. The number of nitrogens with two attached hydrogens (primary N) is 1. The van der Waals surface area contributed by atoms with Crippen LogP contribution in [-0.2, 0) is 7.05 Å². The summed E-state index contributed by atoms with van der Waals surface area (Å²) in [6, 6.07) is 0.300. The zero-order chi connectivity index (χ0) is 11.5. The van der Waals surface area contributed by atoms with E-state index in [1.807, 2.05) is 12.4 Å². The van der Waals surface area contributed by atoms with E-state index in [2.05, 4.69) is 23.5 Å². The molecule has 2 rings (SSSR count). The van der Waals surface area contributed by atoms with Gasteiger partial charge in [-0.15, -0.1) is 0 Å². The van der Waals surface area contributed by atoms with Crippen molar-refractivity contribution < 1.29 is 0 Å². The third kappa shape index (κ3) is 2.29. The lowest BCUT2D eigenvalue weighted by Crippen LogP contribution is -2.35. The summed E-state index contributed by atoms with van der Waals surface area (Å²) in [5.41, 5.74) is 6.24. The number of hydrogen-bond acceptors (Lipinski definition) is 2. The number of aromatic nitrogens is 2. The molecule has 1 aromatic heterocycles. The Morgan fingerprint density at radius 2 is 2.31 bits per heavy atom. The zero-order valence-electron chi connectivity index (χ0n) is 10.4. The summed E-state index contributed by atoms with van der Waals surface area (Å²) >= 11 is 0. The fourth-order valence-electron chi connectivity index (χ4n) is 2.98. The molecule has 0 aromatic carbocycles. The molecular formula is C13H23N3. The average molecular weight is 221 g/mol. The van der Waals surface area contributed by atoms with E-state index < -0.39 is 0 Å². The van der Waals surface area contributed by atoms with E-state index in [1.165, 1.54) is 31.5 Å². The van der Waals surface area contributed by atoms with Gasteiger partial charge < -0.3 is 10.3 Å². The maximum atomic E-state index is 6.24. The maximum Gasteiger partial charge on any atom is 0.113 e. The van der Waals surface area contributed by atoms with Crippen molar-refractivity contribution in [1.82, 2.24) is 9.55 Å². The Labute approximate surface area is 98.1 Å². The largest absolute Gasteiger partial charge is 0.338 e. The molecule has 1 saturated carbocycles. The Morgan fingerprint density at radius 1 is 1.50 bits per heavy atom. The lowest BCUT2D eigenvalue weighted by molar-refractivity contribution is 0.265. The quantitative estimate of drug-likeness (QED) is 0.852. The molecule has 1 aliphatic rings. The van der Waals surface area contributed by atoms with Crippen LogP contribution in [0.3, 0.4) is 0 Å². The minimum Gasteiger partial charge on any atom is -0.338 e. The van der Waals surface area contributed by atoms with Gasteiger partial charge >= 0.3 is 0 Å². The Kier molecular flexibility index (Phi) is 3.64. The fraction of sp³-hybridized carbons (Fsp3) is 0.769. The van der Waals surface area contributed by atoms with E-state index in [-0.39, 0.29) is 0 Å². The molecule has 0 spiro atoms. The van der Waals surface area contributed by atoms with Crippen molar-refractivity contribution in [2.75, 3.05) is 0 Å². The minimum atomic E-state index is 0.300. The monoisotopic (exact) mass is 221 g/mol. The summed E-state index contributed by atoms with van der Waals surface area (Å²) in [6.07, 6.45) is 10.2. The summed E-state index contributed by atoms with van der Waals surface area (Å²) in [7, 11) is 2.07. The molecule has 0 saturated heterocycles. The summed E-state index contributed by atoms with van der Waals surface area (Å²) in [6.45, 7) is 2.27. The molecule has 3 nitrogen and oxygen atoms in total. The molecule has 1 aliphatic carbocycles. The number of aryl methyl sites for hydroxylation is 1. The van der Waals surface area contributed by atoms with Gasteiger partial charge in [-0.05, 0) is 25.2 Å². The van der Waals surface area contributed by atoms with Crippen molar-refractivity contribution in [3.05, 3.63) is 18.2 Å². The molecule has 0 bridgehead atoms. The van der Waals surface area contributed by atoms with Crippen LogP contribution in [0.5, 0.6) is 0 Å². The van der Waals surface area contributed by atoms with Crippen LogP contribution in [-0.4, -0.2) is 15.6 Å². The van der Waals surface area contributed by atoms with Gasteiger partial charge in [-0.3, -0.25) is 0 Å². The van der Waals surface area contributed by atoms with E-state index in [9.17, 15) is 0 Å². The molecule has 1 heterocycles. The fourth-order valence-corrected chi connectivity index (χ4v) is 2.98. The van der Waals surface area contributed by atoms with Crippen LogP contribution in [0.4, 0.5) is 0 Å². The predicted molar refractivity (Wildman–Crippen MR) is 66.2 cm³/mol. The van der Waals surface area contributed by atoms with Crippen LogP contribution in [0, 0.1) is 5.92 Å². The van der Waals surface area contributed by atoms with E-state index in [4.69, 9.17) is 5.73 Å². The molecule has 3 heteroatoms. The molecule has 16 heavy (non-hydrogen) atoms. The molecule has 0 amide bonds. The molecule has 2 N–H and O–H groups in total. The minimum absolute atomic E-state index is 0.300. The SMILES string of the molecule is CCCC1CCC(N)C(c2nccn2C)C1. The third-order valence-corrected chi connectivity index (χ3v) is 3.90. The number of rotatable bonds is 3. The van der Waals surface area contributed by atoms with Crippen LogP contribution < -0.4 is 5.73 Å². The van der Waals surface area contributed by atoms with Crippen LogP contribution in [0.2, 0.25) is 0 Å². The van der Waals surface area contributed by atoms with Crippen molar-refractivity contribution in [2.24, 2.45) is 18.7 Å². The highest BCUT2D eigenvalue weighted by Crippen LogP contribution is 2.36. The first-order valence-corrected chi connectivity index (χ1v) is 6.45. The van der Waals surface area contributed by atoms with E-state index >= 15 is 0 Å². The summed E-state index contributed by atoms with van der Waals surface area (Å²) in [5, 5.41) is 0. The van der Waals surface area contributed by atoms with Crippen LogP contribution in [0.1, 0.15) is 50.8 Å². The number of hydrogen-bond donors (Lipinski definition) is 1. The second-order valence-corrected chi connectivity index (χ2v) is 5.13. The molecule has 0 aliphatic heterocycles. The maximum absolute atomic E-state index is 6.24. The lowest BCUT2D eigenvalue weighted by atomic mass is 9.76. The molecular weight excluding hydrogens is 198 g/mol. The zero-order valence-corrected chi connectivity index (χ0v) is 10.4. The molecule has 3 atom stereocenters. The van der Waals surface area contributed by atoms with E-state index in [1.54, 1.807) is 0 Å². The molecule has 0 radical (unpaired) electrons. The van der Waals surface area contributed by atoms with E-state index in [0.29, 0.717) is 12.0 Å². The number of imidazole rings is 1. The van der Waals surface area contributed by atoms with Crippen molar-refractivity contribution >= 4 is 0 Å². The van der Waals surface area contributed by atoms with Crippen LogP contribution in [0.15, 0.2) is 12.4 Å². The summed E-state index contributed by atoms with van der Waals surface area (Å²) < 4.78 is 2.12. The first-order valence-electron chi connectivity index (χ1n) is 6.45. The first kappa shape index (κ1) is 11.6. The van der Waals surface area contributed by atoms with Crippen molar-refractivity contribution in [3.63, 3.8) is 0 Å². The average Bonchev–Trinajstić information content (AvgIpc) is 2.68. The van der Waals surface area contributed by atoms with Crippen molar-refractivity contribution in [2.45, 2.75) is 51.0 Å². The Morgan fingerprint density at radius 3 is 2.94 bits per heavy atom. The Balaban J connectivity index is 2.10. The first-order chi connectivity index (χ1) is 7.72. The topological polar surface area (TPSA) is 43.8 Å². The van der Waals surface area contributed by atoms with Gasteiger partial charge in [0.25, 0.3) is 0 Å². The van der Waals surface area contributed by atoms with Crippen LogP contribution in [0.25, 0.3) is 0 Å². The van der Waals surface area contributed by atoms with Gasteiger partial charge in [-0.1, -0.05) is 19.8 Å².